The van der Waals surface area contributed by atoms with Crippen molar-refractivity contribution in [2.24, 2.45) is 5.73 Å². The molecule has 3 aromatic rings. The fourth-order valence-electron chi connectivity index (χ4n) is 2.12. The Balaban J connectivity index is 2.04. The highest BCUT2D eigenvalue weighted by Gasteiger charge is 2.18. The van der Waals surface area contributed by atoms with E-state index in [0.29, 0.717) is 21.5 Å². The molecule has 0 aliphatic carbocycles. The molecule has 2 heterocycles. The average molecular weight is 312 g/mol. The van der Waals surface area contributed by atoms with Crippen molar-refractivity contribution in [1.82, 2.24) is 4.98 Å². The molecule has 0 saturated carbocycles. The average Bonchev–Trinajstić information content (AvgIpc) is 2.86. The Bertz CT molecular complexity index is 874. The molecule has 0 atom stereocenters. The van der Waals surface area contributed by atoms with Gasteiger partial charge < -0.3 is 16.8 Å². The summed E-state index contributed by atoms with van der Waals surface area (Å²) < 4.78 is 0. The number of anilines is 2. The van der Waals surface area contributed by atoms with Crippen molar-refractivity contribution in [1.29, 1.82) is 0 Å². The first-order chi connectivity index (χ1) is 10.6. The molecule has 0 aliphatic heterocycles. The third-order valence-corrected chi connectivity index (χ3v) is 4.26. The van der Waals surface area contributed by atoms with Crippen LogP contribution in [0.5, 0.6) is 0 Å². The highest BCUT2D eigenvalue weighted by molar-refractivity contribution is 7.21. The van der Waals surface area contributed by atoms with Gasteiger partial charge in [0.25, 0.3) is 11.8 Å². The lowest BCUT2D eigenvalue weighted by Gasteiger charge is -2.07. The minimum atomic E-state index is -0.610. The maximum absolute atomic E-state index is 12.2. The summed E-state index contributed by atoms with van der Waals surface area (Å²) >= 11 is 1.11. The number of benzene rings is 1. The second-order valence-electron chi connectivity index (χ2n) is 4.57. The van der Waals surface area contributed by atoms with Crippen LogP contribution in [0.3, 0.4) is 0 Å². The predicted molar refractivity (Wildman–Crippen MR) is 86.9 cm³/mol. The number of thiophene rings is 1. The fraction of sp³-hybridized carbons (Fsp3) is 0. The molecule has 0 spiro atoms. The first-order valence-corrected chi connectivity index (χ1v) is 7.22. The van der Waals surface area contributed by atoms with Crippen LogP contribution >= 0.6 is 11.3 Å². The topological polar surface area (TPSA) is 111 Å². The van der Waals surface area contributed by atoms with Gasteiger partial charge in [0.05, 0.1) is 16.8 Å². The van der Waals surface area contributed by atoms with E-state index in [2.05, 4.69) is 10.3 Å². The third-order valence-electron chi connectivity index (χ3n) is 3.14. The molecule has 5 N–H and O–H groups in total. The van der Waals surface area contributed by atoms with Crippen LogP contribution in [0.25, 0.3) is 10.2 Å². The largest absolute Gasteiger partial charge is 0.397 e. The molecule has 1 aromatic carbocycles. The Labute approximate surface area is 129 Å². The zero-order valence-electron chi connectivity index (χ0n) is 11.4. The molecule has 110 valence electrons. The number of fused-ring (bicyclic) bond motifs is 1. The number of nitrogens with zero attached hydrogens (tertiary/aromatic N) is 1. The normalized spacial score (nSPS) is 10.5. The summed E-state index contributed by atoms with van der Waals surface area (Å²) in [5, 5.41) is 3.32. The molecule has 6 nitrogen and oxygen atoms in total. The van der Waals surface area contributed by atoms with Crippen LogP contribution < -0.4 is 16.8 Å². The first kappa shape index (κ1) is 14.0. The molecule has 0 aliphatic rings. The molecule has 22 heavy (non-hydrogen) atoms. The van der Waals surface area contributed by atoms with E-state index in [1.54, 1.807) is 36.5 Å². The number of pyridine rings is 1. The lowest BCUT2D eigenvalue weighted by atomic mass is 10.2. The number of nitrogens with two attached hydrogens (primary N) is 2. The molecule has 0 fully saturated rings. The van der Waals surface area contributed by atoms with Gasteiger partial charge in [-0.05, 0) is 18.2 Å². The first-order valence-electron chi connectivity index (χ1n) is 6.41. The molecule has 2 aromatic heterocycles. The Kier molecular flexibility index (Phi) is 3.48. The molecule has 2 amide bonds. The van der Waals surface area contributed by atoms with Crippen molar-refractivity contribution in [3.05, 3.63) is 53.0 Å². The number of aromatic nitrogens is 1. The number of carbonyl (C=O) groups is 2. The Hall–Kier alpha value is -2.93. The number of hydrogen-bond acceptors (Lipinski definition) is 5. The van der Waals surface area contributed by atoms with Crippen molar-refractivity contribution in [2.45, 2.75) is 0 Å². The molecule has 0 bridgehead atoms. The van der Waals surface area contributed by atoms with E-state index in [4.69, 9.17) is 11.5 Å². The van der Waals surface area contributed by atoms with Gasteiger partial charge in [-0.3, -0.25) is 9.59 Å². The van der Waals surface area contributed by atoms with Gasteiger partial charge in [-0.1, -0.05) is 18.2 Å². The van der Waals surface area contributed by atoms with Crippen LogP contribution in [-0.4, -0.2) is 16.8 Å². The second kappa shape index (κ2) is 5.45. The molecule has 0 unspecified atom stereocenters. The zero-order chi connectivity index (χ0) is 15.7. The van der Waals surface area contributed by atoms with Gasteiger partial charge in [-0.25, -0.2) is 4.98 Å². The number of amides is 2. The van der Waals surface area contributed by atoms with E-state index in [0.717, 1.165) is 11.3 Å². The number of carbonyl (C=O) groups excluding carboxylic acids is 2. The van der Waals surface area contributed by atoms with Gasteiger partial charge in [0.1, 0.15) is 9.71 Å². The lowest BCUT2D eigenvalue weighted by Crippen LogP contribution is -2.13. The van der Waals surface area contributed by atoms with E-state index >= 15 is 0 Å². The summed E-state index contributed by atoms with van der Waals surface area (Å²) in [6.07, 6.45) is 1.55. The van der Waals surface area contributed by atoms with Gasteiger partial charge in [-0.2, -0.15) is 0 Å². The minimum Gasteiger partial charge on any atom is -0.397 e. The summed E-state index contributed by atoms with van der Waals surface area (Å²) in [4.78, 5) is 28.6. The second-order valence-corrected chi connectivity index (χ2v) is 5.57. The minimum absolute atomic E-state index is 0.240. The standard InChI is InChI=1S/C15H12N4O2S/c16-11-10-9(19-14(21)8-4-2-1-3-5-8)6-7-18-15(10)22-12(11)13(17)20/h1-7H,16H2,(H2,17,20)(H,18,19,21). The fourth-order valence-corrected chi connectivity index (χ4v) is 3.06. The number of hydrogen-bond donors (Lipinski definition) is 3. The zero-order valence-corrected chi connectivity index (χ0v) is 12.2. The van der Waals surface area contributed by atoms with Gasteiger partial charge in [-0.15, -0.1) is 11.3 Å². The van der Waals surface area contributed by atoms with Crippen molar-refractivity contribution in [3.8, 4) is 0 Å². The molecule has 7 heteroatoms. The molecule has 0 saturated heterocycles. The highest BCUT2D eigenvalue weighted by atomic mass is 32.1. The van der Waals surface area contributed by atoms with Gasteiger partial charge in [0.2, 0.25) is 0 Å². The molecule has 3 rings (SSSR count). The van der Waals surface area contributed by atoms with E-state index in [1.807, 2.05) is 6.07 Å². The monoisotopic (exact) mass is 312 g/mol. The van der Waals surface area contributed by atoms with Crippen LogP contribution in [0.15, 0.2) is 42.6 Å². The summed E-state index contributed by atoms with van der Waals surface area (Å²) in [6.45, 7) is 0. The molecular weight excluding hydrogens is 300 g/mol. The molecular formula is C15H12N4O2S. The van der Waals surface area contributed by atoms with Crippen LogP contribution in [0.4, 0.5) is 11.4 Å². The van der Waals surface area contributed by atoms with Crippen molar-refractivity contribution < 1.29 is 9.59 Å². The van der Waals surface area contributed by atoms with Crippen LogP contribution in [0, 0.1) is 0 Å². The molecule has 0 radical (unpaired) electrons. The van der Waals surface area contributed by atoms with E-state index < -0.39 is 5.91 Å². The van der Waals surface area contributed by atoms with Crippen molar-refractivity contribution >= 4 is 44.7 Å². The lowest BCUT2D eigenvalue weighted by molar-refractivity contribution is 0.100. The number of nitrogens with one attached hydrogen (secondary N) is 1. The van der Waals surface area contributed by atoms with Gasteiger partial charge >= 0.3 is 0 Å². The Morgan fingerprint density at radius 1 is 1.14 bits per heavy atom. The number of primary amides is 1. The Morgan fingerprint density at radius 3 is 2.55 bits per heavy atom. The van der Waals surface area contributed by atoms with Crippen molar-refractivity contribution in [2.75, 3.05) is 11.1 Å². The van der Waals surface area contributed by atoms with Crippen molar-refractivity contribution in [3.63, 3.8) is 0 Å². The summed E-state index contributed by atoms with van der Waals surface area (Å²) in [7, 11) is 0. The predicted octanol–water partition coefficient (Wildman–Crippen LogP) is 2.23. The summed E-state index contributed by atoms with van der Waals surface area (Å²) in [5.41, 5.74) is 12.5. The van der Waals surface area contributed by atoms with E-state index in [-0.39, 0.29) is 16.5 Å². The maximum Gasteiger partial charge on any atom is 0.260 e. The summed E-state index contributed by atoms with van der Waals surface area (Å²) in [5.74, 6) is -0.875. The SMILES string of the molecule is NC(=O)c1sc2nccc(NC(=O)c3ccccc3)c2c1N. The quantitative estimate of drug-likeness (QED) is 0.688. The maximum atomic E-state index is 12.2. The highest BCUT2D eigenvalue weighted by Crippen LogP contribution is 2.36. The van der Waals surface area contributed by atoms with E-state index in [1.165, 1.54) is 0 Å². The van der Waals surface area contributed by atoms with Crippen LogP contribution in [0.1, 0.15) is 20.0 Å². The Morgan fingerprint density at radius 2 is 1.86 bits per heavy atom. The smallest absolute Gasteiger partial charge is 0.260 e. The van der Waals surface area contributed by atoms with Crippen LogP contribution in [-0.2, 0) is 0 Å². The summed E-state index contributed by atoms with van der Waals surface area (Å²) in [6, 6.07) is 10.4. The number of nitrogen functional groups attached to an aromatic ring is 1. The van der Waals surface area contributed by atoms with Gasteiger partial charge in [0, 0.05) is 11.8 Å². The van der Waals surface area contributed by atoms with E-state index in [9.17, 15) is 9.59 Å². The third kappa shape index (κ3) is 2.38. The van der Waals surface area contributed by atoms with Gasteiger partial charge in [0.15, 0.2) is 0 Å². The number of rotatable bonds is 3. The van der Waals surface area contributed by atoms with Crippen LogP contribution in [0.2, 0.25) is 0 Å².